The van der Waals surface area contributed by atoms with Gasteiger partial charge >= 0.3 is 11.9 Å². The Morgan fingerprint density at radius 2 is 1.85 bits per heavy atom. The second kappa shape index (κ2) is 8.70. The summed E-state index contributed by atoms with van der Waals surface area (Å²) < 4.78 is 4.78. The van der Waals surface area contributed by atoms with E-state index in [9.17, 15) is 19.5 Å². The Morgan fingerprint density at radius 3 is 2.48 bits per heavy atom. The van der Waals surface area contributed by atoms with E-state index >= 15 is 0 Å². The number of hydrogen-bond acceptors (Lipinski definition) is 7. The summed E-state index contributed by atoms with van der Waals surface area (Å²) in [5.74, 6) is -2.71. The van der Waals surface area contributed by atoms with Crippen LogP contribution in [0.15, 0.2) is 52.7 Å². The van der Waals surface area contributed by atoms with E-state index in [1.165, 1.54) is 25.1 Å². The number of benzene rings is 2. The molecule has 2 N–H and O–H groups in total. The van der Waals surface area contributed by atoms with Crippen molar-refractivity contribution in [1.29, 1.82) is 0 Å². The molecule has 2 aromatic rings. The molecule has 8 nitrogen and oxygen atoms in total. The number of carboxylic acids is 1. The summed E-state index contributed by atoms with van der Waals surface area (Å²) in [5.41, 5.74) is 0.907. The fraction of sp³-hybridized carbons (Fsp3) is 0.211. The highest BCUT2D eigenvalue weighted by Gasteiger charge is 2.24. The van der Waals surface area contributed by atoms with Gasteiger partial charge in [-0.05, 0) is 37.6 Å². The first-order chi connectivity index (χ1) is 12.8. The van der Waals surface area contributed by atoms with Gasteiger partial charge in [0.15, 0.2) is 11.5 Å². The van der Waals surface area contributed by atoms with Gasteiger partial charge in [-0.1, -0.05) is 24.3 Å². The maximum absolute atomic E-state index is 11.8. The average molecular weight is 370 g/mol. The van der Waals surface area contributed by atoms with Gasteiger partial charge in [0.05, 0.1) is 12.2 Å². The topological polar surface area (TPSA) is 126 Å². The largest absolute Gasteiger partial charge is 0.505 e. The number of carboxylic acid groups (broad SMARTS) is 1. The van der Waals surface area contributed by atoms with Crippen molar-refractivity contribution in [3.05, 3.63) is 48.0 Å². The lowest BCUT2D eigenvalue weighted by Gasteiger charge is -2.09. The number of nitrogens with zero attached hydrogens (tertiary/aromatic N) is 2. The number of phenolic OH excluding ortho intramolecular Hbond substituents is 1. The van der Waals surface area contributed by atoms with Crippen LogP contribution in [0.4, 0.5) is 5.69 Å². The van der Waals surface area contributed by atoms with E-state index in [0.29, 0.717) is 11.1 Å². The molecule has 0 fully saturated rings. The maximum atomic E-state index is 11.8. The maximum Gasteiger partial charge on any atom is 0.340 e. The smallest absolute Gasteiger partial charge is 0.340 e. The first kappa shape index (κ1) is 19.8. The Labute approximate surface area is 155 Å². The third-order valence-corrected chi connectivity index (χ3v) is 3.61. The SMILES string of the molecule is CCOC(=O)C(N=Nc1cccc(-c2cccc(C(=O)O)c2)c1O)C(C)=O. The van der Waals surface area contributed by atoms with Crippen molar-refractivity contribution in [2.45, 2.75) is 19.9 Å². The lowest BCUT2D eigenvalue weighted by atomic mass is 10.0. The van der Waals surface area contributed by atoms with Gasteiger partial charge in [0.1, 0.15) is 5.69 Å². The van der Waals surface area contributed by atoms with Crippen LogP contribution in [0.2, 0.25) is 0 Å². The highest BCUT2D eigenvalue weighted by molar-refractivity contribution is 6.02. The summed E-state index contributed by atoms with van der Waals surface area (Å²) in [7, 11) is 0. The summed E-state index contributed by atoms with van der Waals surface area (Å²) in [4.78, 5) is 34.5. The summed E-state index contributed by atoms with van der Waals surface area (Å²) in [5, 5.41) is 27.1. The van der Waals surface area contributed by atoms with Gasteiger partial charge in [0.2, 0.25) is 6.04 Å². The predicted molar refractivity (Wildman–Crippen MR) is 96.1 cm³/mol. The lowest BCUT2D eigenvalue weighted by Crippen LogP contribution is -2.28. The first-order valence-electron chi connectivity index (χ1n) is 8.08. The molecular formula is C19H18N2O6. The zero-order chi connectivity index (χ0) is 20.0. The minimum Gasteiger partial charge on any atom is -0.505 e. The van der Waals surface area contributed by atoms with E-state index in [0.717, 1.165) is 0 Å². The average Bonchev–Trinajstić information content (AvgIpc) is 2.63. The van der Waals surface area contributed by atoms with E-state index < -0.39 is 23.8 Å². The van der Waals surface area contributed by atoms with Gasteiger partial charge in [0.25, 0.3) is 0 Å². The van der Waals surface area contributed by atoms with Crippen molar-refractivity contribution in [2.24, 2.45) is 10.2 Å². The van der Waals surface area contributed by atoms with Crippen molar-refractivity contribution in [2.75, 3.05) is 6.61 Å². The number of ether oxygens (including phenoxy) is 1. The Hall–Kier alpha value is -3.55. The predicted octanol–water partition coefficient (Wildman–Crippen LogP) is 3.36. The Kier molecular flexibility index (Phi) is 6.37. The summed E-state index contributed by atoms with van der Waals surface area (Å²) in [6, 6.07) is 9.25. The number of para-hydroxylation sites is 1. The number of aromatic carboxylic acids is 1. The normalized spacial score (nSPS) is 11.9. The molecule has 0 heterocycles. The highest BCUT2D eigenvalue weighted by Crippen LogP contribution is 2.37. The van der Waals surface area contributed by atoms with Crippen LogP contribution in [-0.4, -0.2) is 40.6 Å². The Bertz CT molecular complexity index is 907. The monoisotopic (exact) mass is 370 g/mol. The Balaban J connectivity index is 2.39. The van der Waals surface area contributed by atoms with Crippen molar-refractivity contribution in [3.63, 3.8) is 0 Å². The molecule has 27 heavy (non-hydrogen) atoms. The second-order valence-electron chi connectivity index (χ2n) is 5.54. The van der Waals surface area contributed by atoms with E-state index in [1.807, 2.05) is 0 Å². The number of esters is 1. The molecule has 0 saturated heterocycles. The number of carbonyl (C=O) groups is 3. The number of ketones is 1. The third kappa shape index (κ3) is 4.75. The Morgan fingerprint density at radius 1 is 1.15 bits per heavy atom. The molecule has 0 aromatic heterocycles. The van der Waals surface area contributed by atoms with E-state index in [1.54, 1.807) is 31.2 Å². The van der Waals surface area contributed by atoms with Gasteiger partial charge in [-0.25, -0.2) is 9.59 Å². The molecule has 2 rings (SSSR count). The number of phenols is 1. The molecule has 8 heteroatoms. The molecule has 140 valence electrons. The van der Waals surface area contributed by atoms with Gasteiger partial charge < -0.3 is 14.9 Å². The van der Waals surface area contributed by atoms with Crippen molar-refractivity contribution < 1.29 is 29.3 Å². The molecule has 0 spiro atoms. The number of hydrogen-bond donors (Lipinski definition) is 2. The first-order valence-corrected chi connectivity index (χ1v) is 8.08. The fourth-order valence-electron chi connectivity index (χ4n) is 2.30. The number of carbonyl (C=O) groups excluding carboxylic acids is 2. The summed E-state index contributed by atoms with van der Waals surface area (Å²) >= 11 is 0. The van der Waals surface area contributed by atoms with Crippen LogP contribution in [0, 0.1) is 0 Å². The van der Waals surface area contributed by atoms with Gasteiger partial charge in [-0.3, -0.25) is 4.79 Å². The molecule has 0 aliphatic rings. The molecule has 1 atom stereocenters. The molecule has 0 saturated carbocycles. The van der Waals surface area contributed by atoms with Crippen molar-refractivity contribution in [3.8, 4) is 16.9 Å². The van der Waals surface area contributed by atoms with Crippen LogP contribution in [0.3, 0.4) is 0 Å². The fourth-order valence-corrected chi connectivity index (χ4v) is 2.30. The quantitative estimate of drug-likeness (QED) is 0.437. The minimum absolute atomic E-state index is 0.0313. The number of rotatable bonds is 7. The third-order valence-electron chi connectivity index (χ3n) is 3.61. The lowest BCUT2D eigenvalue weighted by molar-refractivity contribution is -0.147. The standard InChI is InChI=1S/C19H18N2O6/c1-3-27-19(26)16(11(2)22)21-20-15-9-5-8-14(17(15)23)12-6-4-7-13(10-12)18(24)25/h4-10,16,23H,3H2,1-2H3,(H,24,25). The van der Waals surface area contributed by atoms with Crippen molar-refractivity contribution in [1.82, 2.24) is 0 Å². The van der Waals surface area contributed by atoms with Crippen LogP contribution in [0.5, 0.6) is 5.75 Å². The molecular weight excluding hydrogens is 352 g/mol. The van der Waals surface area contributed by atoms with Crippen LogP contribution >= 0.6 is 0 Å². The number of aromatic hydroxyl groups is 1. The van der Waals surface area contributed by atoms with Crippen LogP contribution in [0.25, 0.3) is 11.1 Å². The zero-order valence-electron chi connectivity index (χ0n) is 14.7. The minimum atomic E-state index is -1.41. The second-order valence-corrected chi connectivity index (χ2v) is 5.54. The molecule has 0 radical (unpaired) electrons. The molecule has 0 bridgehead atoms. The van der Waals surface area contributed by atoms with Crippen LogP contribution in [0.1, 0.15) is 24.2 Å². The number of Topliss-reactive ketones (excluding diaryl/α,β-unsaturated/α-hetero) is 1. The van der Waals surface area contributed by atoms with Gasteiger partial charge in [-0.15, -0.1) is 0 Å². The van der Waals surface area contributed by atoms with Gasteiger partial charge in [-0.2, -0.15) is 10.2 Å². The van der Waals surface area contributed by atoms with E-state index in [-0.39, 0.29) is 23.6 Å². The molecule has 0 aliphatic heterocycles. The molecule has 2 aromatic carbocycles. The highest BCUT2D eigenvalue weighted by atomic mass is 16.5. The summed E-state index contributed by atoms with van der Waals surface area (Å²) in [6.45, 7) is 2.89. The zero-order valence-corrected chi connectivity index (χ0v) is 14.7. The molecule has 0 aliphatic carbocycles. The summed E-state index contributed by atoms with van der Waals surface area (Å²) in [6.07, 6.45) is 0. The molecule has 0 amide bonds. The molecule has 1 unspecified atom stereocenters. The van der Waals surface area contributed by atoms with E-state index in [2.05, 4.69) is 10.2 Å². The van der Waals surface area contributed by atoms with Crippen LogP contribution < -0.4 is 0 Å². The van der Waals surface area contributed by atoms with E-state index in [4.69, 9.17) is 9.84 Å². The number of azo groups is 1. The van der Waals surface area contributed by atoms with Crippen LogP contribution in [-0.2, 0) is 14.3 Å². The van der Waals surface area contributed by atoms with Crippen molar-refractivity contribution >= 4 is 23.4 Å². The van der Waals surface area contributed by atoms with Gasteiger partial charge in [0, 0.05) is 5.56 Å².